The Hall–Kier alpha value is -2.08. The minimum absolute atomic E-state index is 0.116. The van der Waals surface area contributed by atoms with Gasteiger partial charge in [0.1, 0.15) is 10.8 Å². The second-order valence-electron chi connectivity index (χ2n) is 3.76. The first-order chi connectivity index (χ1) is 9.04. The van der Waals surface area contributed by atoms with Crippen molar-refractivity contribution in [2.24, 2.45) is 7.05 Å². The van der Waals surface area contributed by atoms with E-state index in [4.69, 9.17) is 16.3 Å². The average molecular weight is 282 g/mol. The van der Waals surface area contributed by atoms with E-state index in [9.17, 15) is 9.90 Å². The summed E-state index contributed by atoms with van der Waals surface area (Å²) in [6.07, 6.45) is 1.49. The lowest BCUT2D eigenvalue weighted by Gasteiger charge is -2.02. The Labute approximate surface area is 114 Å². The Kier molecular flexibility index (Phi) is 3.71. The standard InChI is InChI=1S/C12H12ClN3O3/c1-3-19-12(18)9-11(17)10(16(2)15-9)7-4-5-8(13)14-6-7/h4-6,17H,3H2,1-2H3. The number of esters is 1. The zero-order chi connectivity index (χ0) is 14.0. The summed E-state index contributed by atoms with van der Waals surface area (Å²) in [7, 11) is 1.62. The Balaban J connectivity index is 2.47. The van der Waals surface area contributed by atoms with E-state index < -0.39 is 5.97 Å². The molecule has 0 atom stereocenters. The molecule has 1 N–H and O–H groups in total. The fraction of sp³-hybridized carbons (Fsp3) is 0.250. The molecular weight excluding hydrogens is 270 g/mol. The second kappa shape index (κ2) is 5.27. The van der Waals surface area contributed by atoms with Crippen LogP contribution in [0.15, 0.2) is 18.3 Å². The lowest BCUT2D eigenvalue weighted by molar-refractivity contribution is 0.0515. The molecule has 0 aliphatic rings. The van der Waals surface area contributed by atoms with Gasteiger partial charge >= 0.3 is 5.97 Å². The fourth-order valence-electron chi connectivity index (χ4n) is 1.69. The fourth-order valence-corrected chi connectivity index (χ4v) is 1.80. The maximum Gasteiger partial charge on any atom is 0.362 e. The van der Waals surface area contributed by atoms with Gasteiger partial charge < -0.3 is 9.84 Å². The van der Waals surface area contributed by atoms with Gasteiger partial charge in [0.05, 0.1) is 6.61 Å². The molecule has 2 aromatic rings. The van der Waals surface area contributed by atoms with Crippen LogP contribution in [0.4, 0.5) is 0 Å². The molecule has 6 nitrogen and oxygen atoms in total. The van der Waals surface area contributed by atoms with Crippen molar-refractivity contribution < 1.29 is 14.6 Å². The predicted molar refractivity (Wildman–Crippen MR) is 69.1 cm³/mol. The van der Waals surface area contributed by atoms with Crippen LogP contribution < -0.4 is 0 Å². The Morgan fingerprint density at radius 1 is 1.53 bits per heavy atom. The number of aryl methyl sites for hydroxylation is 1. The lowest BCUT2D eigenvalue weighted by Crippen LogP contribution is -2.06. The molecule has 2 aromatic heterocycles. The van der Waals surface area contributed by atoms with Crippen molar-refractivity contribution in [3.63, 3.8) is 0 Å². The molecule has 0 unspecified atom stereocenters. The highest BCUT2D eigenvalue weighted by molar-refractivity contribution is 6.29. The van der Waals surface area contributed by atoms with Gasteiger partial charge in [-0.15, -0.1) is 0 Å². The third kappa shape index (κ3) is 2.53. The van der Waals surface area contributed by atoms with Gasteiger partial charge in [0.15, 0.2) is 5.75 Å². The monoisotopic (exact) mass is 281 g/mol. The van der Waals surface area contributed by atoms with E-state index in [0.717, 1.165) is 0 Å². The van der Waals surface area contributed by atoms with Crippen LogP contribution in [0.5, 0.6) is 5.75 Å². The van der Waals surface area contributed by atoms with Crippen LogP contribution in [0.1, 0.15) is 17.4 Å². The quantitative estimate of drug-likeness (QED) is 0.688. The molecule has 2 rings (SSSR count). The average Bonchev–Trinajstić information content (AvgIpc) is 2.67. The van der Waals surface area contributed by atoms with Crippen LogP contribution in [-0.4, -0.2) is 32.4 Å². The molecule has 7 heteroatoms. The number of carbonyl (C=O) groups excluding carboxylic acids is 1. The van der Waals surface area contributed by atoms with E-state index in [1.54, 1.807) is 26.1 Å². The van der Waals surface area contributed by atoms with Gasteiger partial charge in [0.2, 0.25) is 5.69 Å². The third-order valence-electron chi connectivity index (χ3n) is 2.49. The Morgan fingerprint density at radius 2 is 2.26 bits per heavy atom. The van der Waals surface area contributed by atoms with E-state index in [0.29, 0.717) is 16.4 Å². The van der Waals surface area contributed by atoms with Gasteiger partial charge in [-0.05, 0) is 19.1 Å². The first-order valence-corrected chi connectivity index (χ1v) is 5.97. The van der Waals surface area contributed by atoms with Crippen molar-refractivity contribution in [1.82, 2.24) is 14.8 Å². The van der Waals surface area contributed by atoms with E-state index in [1.807, 2.05) is 0 Å². The van der Waals surface area contributed by atoms with Crippen LogP contribution in [0.2, 0.25) is 5.15 Å². The molecule has 0 aliphatic carbocycles. The number of aromatic hydroxyl groups is 1. The minimum atomic E-state index is -0.663. The van der Waals surface area contributed by atoms with Crippen molar-refractivity contribution in [2.45, 2.75) is 6.92 Å². The van der Waals surface area contributed by atoms with E-state index in [-0.39, 0.29) is 18.1 Å². The predicted octanol–water partition coefficient (Wildman–Crippen LogP) is 2.02. The molecule has 0 aromatic carbocycles. The molecule has 0 fully saturated rings. The zero-order valence-corrected chi connectivity index (χ0v) is 11.2. The van der Waals surface area contributed by atoms with Crippen LogP contribution in [0.25, 0.3) is 11.3 Å². The van der Waals surface area contributed by atoms with Gasteiger partial charge in [-0.3, -0.25) is 4.68 Å². The summed E-state index contributed by atoms with van der Waals surface area (Å²) < 4.78 is 6.22. The summed E-state index contributed by atoms with van der Waals surface area (Å²) in [5.74, 6) is -0.895. The van der Waals surface area contributed by atoms with Crippen molar-refractivity contribution in [3.05, 3.63) is 29.2 Å². The van der Waals surface area contributed by atoms with Crippen LogP contribution >= 0.6 is 11.6 Å². The highest BCUT2D eigenvalue weighted by Gasteiger charge is 2.23. The summed E-state index contributed by atoms with van der Waals surface area (Å²) in [6, 6.07) is 3.27. The van der Waals surface area contributed by atoms with Crippen LogP contribution in [0, 0.1) is 0 Å². The van der Waals surface area contributed by atoms with Gasteiger partial charge in [-0.1, -0.05) is 11.6 Å². The maximum absolute atomic E-state index is 11.6. The van der Waals surface area contributed by atoms with Crippen molar-refractivity contribution >= 4 is 17.6 Å². The van der Waals surface area contributed by atoms with Crippen molar-refractivity contribution in [2.75, 3.05) is 6.61 Å². The van der Waals surface area contributed by atoms with Gasteiger partial charge in [-0.25, -0.2) is 9.78 Å². The summed E-state index contributed by atoms with van der Waals surface area (Å²) in [5, 5.41) is 14.4. The summed E-state index contributed by atoms with van der Waals surface area (Å²) in [6.45, 7) is 1.90. The highest BCUT2D eigenvalue weighted by atomic mass is 35.5. The lowest BCUT2D eigenvalue weighted by atomic mass is 10.2. The maximum atomic E-state index is 11.6. The number of hydrogen-bond donors (Lipinski definition) is 1. The summed E-state index contributed by atoms with van der Waals surface area (Å²) >= 11 is 5.71. The van der Waals surface area contributed by atoms with Gasteiger partial charge in [0, 0.05) is 18.8 Å². The number of halogens is 1. The first-order valence-electron chi connectivity index (χ1n) is 5.59. The third-order valence-corrected chi connectivity index (χ3v) is 2.72. The molecule has 0 aliphatic heterocycles. The molecule has 0 saturated heterocycles. The van der Waals surface area contributed by atoms with Crippen molar-refractivity contribution in [1.29, 1.82) is 0 Å². The molecular formula is C12H12ClN3O3. The first kappa shape index (κ1) is 13.4. The van der Waals surface area contributed by atoms with Crippen LogP contribution in [0.3, 0.4) is 0 Å². The molecule has 0 bridgehead atoms. The largest absolute Gasteiger partial charge is 0.504 e. The molecule has 0 radical (unpaired) electrons. The SMILES string of the molecule is CCOC(=O)c1nn(C)c(-c2ccc(Cl)nc2)c1O. The molecule has 19 heavy (non-hydrogen) atoms. The number of ether oxygens (including phenoxy) is 1. The number of carbonyl (C=O) groups is 1. The Morgan fingerprint density at radius 3 is 2.84 bits per heavy atom. The van der Waals surface area contributed by atoms with E-state index >= 15 is 0 Å². The van der Waals surface area contributed by atoms with Crippen LogP contribution in [-0.2, 0) is 11.8 Å². The normalized spacial score (nSPS) is 10.5. The number of hydrogen-bond acceptors (Lipinski definition) is 5. The van der Waals surface area contributed by atoms with Gasteiger partial charge in [0.25, 0.3) is 0 Å². The Bertz CT molecular complexity index is 607. The topological polar surface area (TPSA) is 77.2 Å². The second-order valence-corrected chi connectivity index (χ2v) is 4.15. The molecule has 100 valence electrons. The highest BCUT2D eigenvalue weighted by Crippen LogP contribution is 2.32. The molecule has 0 saturated carbocycles. The van der Waals surface area contributed by atoms with E-state index in [2.05, 4.69) is 10.1 Å². The van der Waals surface area contributed by atoms with Gasteiger partial charge in [-0.2, -0.15) is 5.10 Å². The number of nitrogens with zero attached hydrogens (tertiary/aromatic N) is 3. The van der Waals surface area contributed by atoms with E-state index in [1.165, 1.54) is 10.9 Å². The summed E-state index contributed by atoms with van der Waals surface area (Å²) in [5.41, 5.74) is 0.869. The number of aromatic nitrogens is 3. The summed E-state index contributed by atoms with van der Waals surface area (Å²) in [4.78, 5) is 15.5. The number of pyridine rings is 1. The smallest absolute Gasteiger partial charge is 0.362 e. The molecule has 2 heterocycles. The molecule has 0 amide bonds. The molecule has 0 spiro atoms. The zero-order valence-electron chi connectivity index (χ0n) is 10.4. The minimum Gasteiger partial charge on any atom is -0.504 e. The number of rotatable bonds is 3. The van der Waals surface area contributed by atoms with Crippen molar-refractivity contribution in [3.8, 4) is 17.0 Å².